The first-order chi connectivity index (χ1) is 21.8. The van der Waals surface area contributed by atoms with Gasteiger partial charge in [0.15, 0.2) is 0 Å². The third-order valence-corrected chi connectivity index (χ3v) is 8.40. The summed E-state index contributed by atoms with van der Waals surface area (Å²) in [6, 6.07) is 12.4. The molecule has 2 amide bonds. The third kappa shape index (κ3) is 8.68. The van der Waals surface area contributed by atoms with Crippen molar-refractivity contribution in [2.45, 2.75) is 103 Å². The van der Waals surface area contributed by atoms with Crippen LogP contribution in [0.3, 0.4) is 0 Å². The van der Waals surface area contributed by atoms with Gasteiger partial charge in [-0.05, 0) is 115 Å². The highest BCUT2D eigenvalue weighted by Gasteiger charge is 2.36. The van der Waals surface area contributed by atoms with Crippen LogP contribution in [0.15, 0.2) is 48.6 Å². The number of rotatable bonds is 6. The number of amides is 2. The van der Waals surface area contributed by atoms with Crippen molar-refractivity contribution in [3.63, 3.8) is 0 Å². The predicted octanol–water partition coefficient (Wildman–Crippen LogP) is 8.15. The lowest BCUT2D eigenvalue weighted by molar-refractivity contribution is 0.0208. The monoisotopic (exact) mass is 694 g/mol. The molecule has 12 heteroatoms. The largest absolute Gasteiger partial charge is 0.444 e. The molecule has 10 nitrogen and oxygen atoms in total. The molecule has 2 aromatic heterocycles. The molecule has 0 saturated carbocycles. The molecule has 0 unspecified atom stereocenters. The van der Waals surface area contributed by atoms with Crippen molar-refractivity contribution in [3.8, 4) is 0 Å². The molecule has 4 aromatic rings. The summed E-state index contributed by atoms with van der Waals surface area (Å²) >= 11 is 0. The maximum Gasteiger partial charge on any atom is 0.410 e. The standard InChI is InChI=1S/C36H46N6O4.2H2S/c1-35(2,3)45-33(43)41-19-9-13-29(41)31-37-25-17-15-23(21-27(25)39-31)11-7-8-12-24-16-18-26-28(22-24)40-32(38-26)30-14-10-20-42(30)34(44)46-36(4,5)6;;/h7-8,15-18,21-22,29-30H,9-14,19-20H2,1-6H3,(H,37,39)(H,38,40);2*1H2/t29-,30-;;/m0../s1. The summed E-state index contributed by atoms with van der Waals surface area (Å²) in [5.74, 6) is 1.63. The number of aromatic nitrogens is 4. The summed E-state index contributed by atoms with van der Waals surface area (Å²) in [6.45, 7) is 12.7. The number of nitrogens with one attached hydrogen (secondary N) is 2. The zero-order chi connectivity index (χ0) is 32.6. The zero-order valence-corrected chi connectivity index (χ0v) is 30.9. The molecule has 0 aliphatic carbocycles. The summed E-state index contributed by atoms with van der Waals surface area (Å²) in [6.07, 6.45) is 9.01. The average molecular weight is 695 g/mol. The van der Waals surface area contributed by atoms with E-state index in [9.17, 15) is 9.59 Å². The number of ether oxygens (including phenoxy) is 2. The van der Waals surface area contributed by atoms with Crippen LogP contribution in [0.25, 0.3) is 22.1 Å². The molecule has 0 spiro atoms. The molecule has 2 atom stereocenters. The number of hydrogen-bond donors (Lipinski definition) is 2. The highest BCUT2D eigenvalue weighted by Crippen LogP contribution is 2.34. The number of carbonyl (C=O) groups is 2. The Morgan fingerprint density at radius 1 is 0.729 bits per heavy atom. The Bertz CT molecular complexity index is 1640. The van der Waals surface area contributed by atoms with Crippen molar-refractivity contribution in [2.24, 2.45) is 0 Å². The van der Waals surface area contributed by atoms with Crippen molar-refractivity contribution in [3.05, 3.63) is 71.3 Å². The third-order valence-electron chi connectivity index (χ3n) is 8.40. The fraction of sp³-hybridized carbons (Fsp3) is 0.500. The molecular formula is C36H50N6O4S2. The predicted molar refractivity (Wildman–Crippen MR) is 199 cm³/mol. The van der Waals surface area contributed by atoms with E-state index in [1.165, 1.54) is 11.1 Å². The smallest absolute Gasteiger partial charge is 0.410 e. The number of hydrogen-bond acceptors (Lipinski definition) is 6. The normalized spacial score (nSPS) is 18.4. The van der Waals surface area contributed by atoms with E-state index in [-0.39, 0.29) is 51.3 Å². The SMILES string of the molecule is CC(C)(C)OC(=O)N1CCC[C@H]1c1nc2ccc(CC=CCc3ccc4nc([C@@H]5CCCN5C(=O)OC(C)(C)C)[nH]c4c3)cc2[nH]1.S.S. The number of carbonyl (C=O) groups excluding carboxylic acids is 2. The van der Waals surface area contributed by atoms with Crippen LogP contribution in [0, 0.1) is 0 Å². The van der Waals surface area contributed by atoms with Gasteiger partial charge in [-0.1, -0.05) is 24.3 Å². The first-order valence-corrected chi connectivity index (χ1v) is 16.4. The van der Waals surface area contributed by atoms with E-state index in [0.29, 0.717) is 13.1 Å². The topological polar surface area (TPSA) is 116 Å². The van der Waals surface area contributed by atoms with Gasteiger partial charge in [-0.3, -0.25) is 9.80 Å². The van der Waals surface area contributed by atoms with Crippen LogP contribution in [-0.2, 0) is 22.3 Å². The number of likely N-dealkylation sites (tertiary alicyclic amines) is 2. The van der Waals surface area contributed by atoms with Crippen molar-refractivity contribution >= 4 is 61.2 Å². The molecule has 2 saturated heterocycles. The Labute approximate surface area is 296 Å². The summed E-state index contributed by atoms with van der Waals surface area (Å²) < 4.78 is 11.3. The maximum atomic E-state index is 12.8. The molecule has 0 bridgehead atoms. The molecule has 2 aliphatic heterocycles. The van der Waals surface area contributed by atoms with Gasteiger partial charge in [-0.2, -0.15) is 27.0 Å². The molecular weight excluding hydrogens is 645 g/mol. The Hall–Kier alpha value is -3.64. The minimum absolute atomic E-state index is 0. The number of fused-ring (bicyclic) bond motifs is 2. The lowest BCUT2D eigenvalue weighted by Crippen LogP contribution is -2.36. The van der Waals surface area contributed by atoms with Gasteiger partial charge >= 0.3 is 12.2 Å². The number of imidazole rings is 2. The van der Waals surface area contributed by atoms with Gasteiger partial charge < -0.3 is 19.4 Å². The second-order valence-electron chi connectivity index (χ2n) is 14.5. The summed E-state index contributed by atoms with van der Waals surface area (Å²) in [5, 5.41) is 0. The van der Waals surface area contributed by atoms with Crippen molar-refractivity contribution in [2.75, 3.05) is 13.1 Å². The number of H-pyrrole nitrogens is 2. The fourth-order valence-electron chi connectivity index (χ4n) is 6.34. The zero-order valence-electron chi connectivity index (χ0n) is 28.9. The number of allylic oxidation sites excluding steroid dienone is 2. The molecule has 0 radical (unpaired) electrons. The molecule has 6 rings (SSSR count). The van der Waals surface area contributed by atoms with E-state index in [4.69, 9.17) is 19.4 Å². The maximum absolute atomic E-state index is 12.8. The van der Waals surface area contributed by atoms with Gasteiger partial charge in [0.05, 0.1) is 34.2 Å². The van der Waals surface area contributed by atoms with Crippen LogP contribution >= 0.6 is 27.0 Å². The van der Waals surface area contributed by atoms with E-state index in [2.05, 4.69) is 46.4 Å². The van der Waals surface area contributed by atoms with Crippen LogP contribution in [0.1, 0.15) is 102 Å². The molecule has 2 N–H and O–H groups in total. The molecule has 2 aliphatic rings. The number of benzene rings is 2. The summed E-state index contributed by atoms with van der Waals surface area (Å²) in [5.41, 5.74) is 5.07. The Balaban J connectivity index is 0.00000260. The number of aromatic amines is 2. The van der Waals surface area contributed by atoms with Crippen molar-refractivity contribution < 1.29 is 19.1 Å². The van der Waals surface area contributed by atoms with Crippen LogP contribution in [0.2, 0.25) is 0 Å². The second kappa shape index (κ2) is 14.9. The first-order valence-electron chi connectivity index (χ1n) is 16.4. The van der Waals surface area contributed by atoms with E-state index >= 15 is 0 Å². The van der Waals surface area contributed by atoms with Crippen LogP contribution in [-0.4, -0.2) is 66.2 Å². The lowest BCUT2D eigenvalue weighted by atomic mass is 10.1. The van der Waals surface area contributed by atoms with Gasteiger partial charge in [0, 0.05) is 13.1 Å². The van der Waals surface area contributed by atoms with E-state index < -0.39 is 11.2 Å². The van der Waals surface area contributed by atoms with Crippen molar-refractivity contribution in [1.82, 2.24) is 29.7 Å². The second-order valence-corrected chi connectivity index (χ2v) is 14.5. The average Bonchev–Trinajstić information content (AvgIpc) is 3.77. The van der Waals surface area contributed by atoms with Crippen LogP contribution in [0.4, 0.5) is 9.59 Å². The molecule has 48 heavy (non-hydrogen) atoms. The highest BCUT2D eigenvalue weighted by molar-refractivity contribution is 7.59. The summed E-state index contributed by atoms with van der Waals surface area (Å²) in [4.78, 5) is 45.8. The van der Waals surface area contributed by atoms with E-state index in [1.807, 2.05) is 53.7 Å². The minimum atomic E-state index is -0.530. The van der Waals surface area contributed by atoms with Gasteiger partial charge in [0.1, 0.15) is 22.9 Å². The molecule has 2 fully saturated rings. The Morgan fingerprint density at radius 3 is 1.50 bits per heavy atom. The van der Waals surface area contributed by atoms with Crippen LogP contribution in [0.5, 0.6) is 0 Å². The van der Waals surface area contributed by atoms with Gasteiger partial charge in [-0.15, -0.1) is 0 Å². The molecule has 2 aromatic carbocycles. The Kier molecular flexibility index (Phi) is 11.5. The first kappa shape index (κ1) is 37.2. The molecule has 260 valence electrons. The quantitative estimate of drug-likeness (QED) is 0.197. The van der Waals surface area contributed by atoms with Crippen LogP contribution < -0.4 is 0 Å². The number of nitrogens with zero attached hydrogens (tertiary/aromatic N) is 4. The highest BCUT2D eigenvalue weighted by atomic mass is 32.1. The van der Waals surface area contributed by atoms with Gasteiger partial charge in [0.25, 0.3) is 0 Å². The van der Waals surface area contributed by atoms with Gasteiger partial charge in [0.2, 0.25) is 0 Å². The minimum Gasteiger partial charge on any atom is -0.444 e. The van der Waals surface area contributed by atoms with Gasteiger partial charge in [-0.25, -0.2) is 19.6 Å². The fourth-order valence-corrected chi connectivity index (χ4v) is 6.34. The van der Waals surface area contributed by atoms with E-state index in [0.717, 1.165) is 72.2 Å². The summed E-state index contributed by atoms with van der Waals surface area (Å²) in [7, 11) is 0. The Morgan fingerprint density at radius 2 is 1.12 bits per heavy atom. The lowest BCUT2D eigenvalue weighted by Gasteiger charge is -2.27. The van der Waals surface area contributed by atoms with Crippen molar-refractivity contribution in [1.29, 1.82) is 0 Å². The molecule has 4 heterocycles. The van der Waals surface area contributed by atoms with E-state index in [1.54, 1.807) is 9.80 Å².